The quantitative estimate of drug-likeness (QED) is 0.207. The van der Waals surface area contributed by atoms with E-state index in [0.29, 0.717) is 0 Å². The number of rotatable bonds is 6. The monoisotopic (exact) mass is 500 g/mol. The summed E-state index contributed by atoms with van der Waals surface area (Å²) >= 11 is 0. The molecule has 0 amide bonds. The molecule has 0 aliphatic carbocycles. The molecule has 39 heavy (non-hydrogen) atoms. The average Bonchev–Trinajstić information content (AvgIpc) is 3.40. The molecule has 6 aromatic carbocycles. The summed E-state index contributed by atoms with van der Waals surface area (Å²) in [5.41, 5.74) is 9.29. The van der Waals surface area contributed by atoms with Gasteiger partial charge in [-0.3, -0.25) is 0 Å². The molecule has 0 saturated heterocycles. The Hall–Kier alpha value is -4.88. The second kappa shape index (κ2) is 10.1. The Labute approximate surface area is 229 Å². The zero-order chi connectivity index (χ0) is 26.0. The zero-order valence-corrected chi connectivity index (χ0v) is 21.6. The van der Waals surface area contributed by atoms with Crippen molar-refractivity contribution >= 4 is 21.9 Å². The van der Waals surface area contributed by atoms with Crippen molar-refractivity contribution in [2.45, 2.75) is 11.8 Å². The molecule has 0 spiro atoms. The summed E-state index contributed by atoms with van der Waals surface area (Å²) in [6.45, 7) is 0. The molecule has 7 rings (SSSR count). The minimum atomic E-state index is 0.0687. The van der Waals surface area contributed by atoms with Crippen molar-refractivity contribution in [3.05, 3.63) is 191 Å². The van der Waals surface area contributed by atoms with Crippen molar-refractivity contribution < 1.29 is 4.42 Å². The van der Waals surface area contributed by atoms with Crippen LogP contribution in [0.15, 0.2) is 162 Å². The number of furan rings is 1. The number of fused-ring (bicyclic) bond motifs is 3. The van der Waals surface area contributed by atoms with E-state index in [1.54, 1.807) is 0 Å². The third-order valence-corrected chi connectivity index (χ3v) is 7.74. The molecular formula is C38H28O. The molecule has 0 bridgehead atoms. The minimum Gasteiger partial charge on any atom is -0.455 e. The molecule has 0 aliphatic heterocycles. The highest BCUT2D eigenvalue weighted by atomic mass is 16.3. The smallest absolute Gasteiger partial charge is 0.139 e. The Morgan fingerprint density at radius 3 is 0.923 bits per heavy atom. The van der Waals surface area contributed by atoms with Gasteiger partial charge in [0.05, 0.1) is 0 Å². The van der Waals surface area contributed by atoms with Gasteiger partial charge in [0, 0.05) is 33.7 Å². The van der Waals surface area contributed by atoms with Crippen LogP contribution < -0.4 is 0 Å². The molecule has 0 radical (unpaired) electrons. The summed E-state index contributed by atoms with van der Waals surface area (Å²) < 4.78 is 6.96. The van der Waals surface area contributed by atoms with Gasteiger partial charge in [0.2, 0.25) is 0 Å². The maximum Gasteiger partial charge on any atom is 0.139 e. The summed E-state index contributed by atoms with van der Waals surface area (Å²) in [6.07, 6.45) is 0. The van der Waals surface area contributed by atoms with E-state index in [1.807, 2.05) is 0 Å². The molecular weight excluding hydrogens is 472 g/mol. The lowest BCUT2D eigenvalue weighted by Crippen LogP contribution is -2.03. The minimum absolute atomic E-state index is 0.0687. The van der Waals surface area contributed by atoms with Crippen LogP contribution >= 0.6 is 0 Å². The van der Waals surface area contributed by atoms with Crippen LogP contribution in [-0.2, 0) is 0 Å². The normalized spacial score (nSPS) is 11.5. The molecule has 1 aromatic heterocycles. The molecule has 0 atom stereocenters. The lowest BCUT2D eigenvalue weighted by atomic mass is 9.84. The van der Waals surface area contributed by atoms with Crippen LogP contribution in [0.2, 0.25) is 0 Å². The Balaban J connectivity index is 1.49. The van der Waals surface area contributed by atoms with Crippen molar-refractivity contribution in [3.63, 3.8) is 0 Å². The summed E-state index contributed by atoms with van der Waals surface area (Å²) in [5.74, 6) is 0.137. The molecule has 0 fully saturated rings. The topological polar surface area (TPSA) is 13.1 Å². The number of para-hydroxylation sites is 2. The van der Waals surface area contributed by atoms with Gasteiger partial charge in [0.15, 0.2) is 0 Å². The van der Waals surface area contributed by atoms with Crippen molar-refractivity contribution in [1.29, 1.82) is 0 Å². The van der Waals surface area contributed by atoms with E-state index in [-0.39, 0.29) is 11.8 Å². The van der Waals surface area contributed by atoms with Gasteiger partial charge in [-0.25, -0.2) is 0 Å². The van der Waals surface area contributed by atoms with Gasteiger partial charge in [-0.15, -0.1) is 0 Å². The molecule has 0 N–H and O–H groups in total. The molecule has 7 aromatic rings. The number of hydrogen-bond donors (Lipinski definition) is 0. The third-order valence-electron chi connectivity index (χ3n) is 7.74. The van der Waals surface area contributed by atoms with Crippen molar-refractivity contribution in [1.82, 2.24) is 0 Å². The Morgan fingerprint density at radius 2 is 0.615 bits per heavy atom. The van der Waals surface area contributed by atoms with E-state index in [9.17, 15) is 0 Å². The first kappa shape index (κ1) is 23.3. The second-order valence-corrected chi connectivity index (χ2v) is 10.1. The van der Waals surface area contributed by atoms with Crippen LogP contribution in [0.5, 0.6) is 0 Å². The van der Waals surface area contributed by atoms with Gasteiger partial charge < -0.3 is 4.42 Å². The summed E-state index contributed by atoms with van der Waals surface area (Å²) in [7, 11) is 0. The summed E-state index contributed by atoms with van der Waals surface area (Å²) in [4.78, 5) is 0. The number of benzene rings is 6. The SMILES string of the molecule is c1ccc(C(c2ccccc2)c2cccc3c2oc2c(C(c4ccccc4)c4ccccc4)cccc23)cc1. The Kier molecular flexibility index (Phi) is 6.03. The van der Waals surface area contributed by atoms with E-state index in [0.717, 1.165) is 21.9 Å². The molecule has 1 heterocycles. The van der Waals surface area contributed by atoms with E-state index in [1.165, 1.54) is 33.4 Å². The van der Waals surface area contributed by atoms with E-state index >= 15 is 0 Å². The first-order valence-corrected chi connectivity index (χ1v) is 13.5. The van der Waals surface area contributed by atoms with E-state index in [4.69, 9.17) is 4.42 Å². The van der Waals surface area contributed by atoms with Crippen LogP contribution in [0.1, 0.15) is 45.2 Å². The van der Waals surface area contributed by atoms with Crippen LogP contribution in [-0.4, -0.2) is 0 Å². The van der Waals surface area contributed by atoms with E-state index in [2.05, 4.69) is 158 Å². The molecule has 0 unspecified atom stereocenters. The largest absolute Gasteiger partial charge is 0.455 e. The predicted octanol–water partition coefficient (Wildman–Crippen LogP) is 9.95. The predicted molar refractivity (Wildman–Crippen MR) is 161 cm³/mol. The Bertz CT molecular complexity index is 1620. The second-order valence-electron chi connectivity index (χ2n) is 10.1. The first-order valence-electron chi connectivity index (χ1n) is 13.5. The fourth-order valence-corrected chi connectivity index (χ4v) is 6.00. The fraction of sp³-hybridized carbons (Fsp3) is 0.0526. The van der Waals surface area contributed by atoms with Crippen LogP contribution in [0.25, 0.3) is 21.9 Å². The summed E-state index contributed by atoms with van der Waals surface area (Å²) in [5, 5.41) is 2.31. The maximum atomic E-state index is 6.96. The fourth-order valence-electron chi connectivity index (χ4n) is 6.00. The Morgan fingerprint density at radius 1 is 0.308 bits per heavy atom. The number of hydrogen-bond acceptors (Lipinski definition) is 1. The van der Waals surface area contributed by atoms with Crippen molar-refractivity contribution in [3.8, 4) is 0 Å². The van der Waals surface area contributed by atoms with Gasteiger partial charge >= 0.3 is 0 Å². The van der Waals surface area contributed by atoms with Crippen molar-refractivity contribution in [2.24, 2.45) is 0 Å². The third kappa shape index (κ3) is 4.23. The average molecular weight is 501 g/mol. The van der Waals surface area contributed by atoms with Crippen LogP contribution in [0, 0.1) is 0 Å². The lowest BCUT2D eigenvalue weighted by molar-refractivity contribution is 0.653. The van der Waals surface area contributed by atoms with Gasteiger partial charge in [0.1, 0.15) is 11.2 Å². The van der Waals surface area contributed by atoms with Crippen molar-refractivity contribution in [2.75, 3.05) is 0 Å². The van der Waals surface area contributed by atoms with Gasteiger partial charge in [0.25, 0.3) is 0 Å². The van der Waals surface area contributed by atoms with E-state index < -0.39 is 0 Å². The van der Waals surface area contributed by atoms with Gasteiger partial charge in [-0.05, 0) is 22.3 Å². The standard InChI is InChI=1S/C38H28O/c1-5-15-27(16-6-1)35(28-17-7-2-8-18-28)33-25-13-23-31-32-24-14-26-34(38(32)39-37(31)33)36(29-19-9-3-10-20-29)30-21-11-4-12-22-30/h1-26,35-36H. The van der Waals surface area contributed by atoms with Gasteiger partial charge in [-0.2, -0.15) is 0 Å². The highest BCUT2D eigenvalue weighted by Gasteiger charge is 2.25. The molecule has 0 aliphatic rings. The summed E-state index contributed by atoms with van der Waals surface area (Å²) in [6, 6.07) is 56.1. The van der Waals surface area contributed by atoms with Crippen LogP contribution in [0.4, 0.5) is 0 Å². The highest BCUT2D eigenvalue weighted by Crippen LogP contribution is 2.43. The highest BCUT2D eigenvalue weighted by molar-refractivity contribution is 6.07. The molecule has 0 saturated carbocycles. The van der Waals surface area contributed by atoms with Crippen LogP contribution in [0.3, 0.4) is 0 Å². The first-order chi connectivity index (χ1) is 19.4. The van der Waals surface area contributed by atoms with Gasteiger partial charge in [-0.1, -0.05) is 158 Å². The maximum absolute atomic E-state index is 6.96. The zero-order valence-electron chi connectivity index (χ0n) is 21.6. The lowest BCUT2D eigenvalue weighted by Gasteiger charge is -2.19. The molecule has 1 heteroatoms. The molecule has 1 nitrogen and oxygen atoms in total. The molecule has 186 valence electrons.